The standard InChI is InChI=1S/C11H15ClN2OS/c1-13-11(15)6-14-8-3-2-4-9-7(8)5-10(12)16-9/h5,8,14H,2-4,6H2,1H3,(H,13,15). The molecule has 0 radical (unpaired) electrons. The van der Waals surface area contributed by atoms with Crippen LogP contribution in [0.15, 0.2) is 6.07 Å². The molecule has 2 rings (SSSR count). The summed E-state index contributed by atoms with van der Waals surface area (Å²) in [7, 11) is 1.65. The summed E-state index contributed by atoms with van der Waals surface area (Å²) in [5, 5.41) is 5.89. The molecule has 16 heavy (non-hydrogen) atoms. The number of carbonyl (C=O) groups excluding carboxylic acids is 1. The molecule has 1 amide bonds. The summed E-state index contributed by atoms with van der Waals surface area (Å²) in [5.41, 5.74) is 1.28. The highest BCUT2D eigenvalue weighted by Gasteiger charge is 2.22. The third kappa shape index (κ3) is 2.56. The lowest BCUT2D eigenvalue weighted by molar-refractivity contribution is -0.119. The minimum atomic E-state index is 0.0217. The van der Waals surface area contributed by atoms with Crippen LogP contribution in [0.4, 0.5) is 0 Å². The smallest absolute Gasteiger partial charge is 0.233 e. The first-order valence-corrected chi connectivity index (χ1v) is 6.62. The van der Waals surface area contributed by atoms with E-state index in [1.807, 2.05) is 6.07 Å². The van der Waals surface area contributed by atoms with Gasteiger partial charge in [-0.15, -0.1) is 11.3 Å². The average Bonchev–Trinajstić information content (AvgIpc) is 2.66. The Morgan fingerprint density at radius 1 is 1.69 bits per heavy atom. The van der Waals surface area contributed by atoms with Crippen molar-refractivity contribution in [3.05, 3.63) is 20.8 Å². The minimum Gasteiger partial charge on any atom is -0.358 e. The van der Waals surface area contributed by atoms with E-state index >= 15 is 0 Å². The average molecular weight is 259 g/mol. The lowest BCUT2D eigenvalue weighted by atomic mass is 9.94. The van der Waals surface area contributed by atoms with Gasteiger partial charge in [-0.05, 0) is 30.9 Å². The van der Waals surface area contributed by atoms with Crippen LogP contribution < -0.4 is 10.6 Å². The van der Waals surface area contributed by atoms with Crippen LogP contribution in [0.25, 0.3) is 0 Å². The monoisotopic (exact) mass is 258 g/mol. The molecule has 1 aromatic rings. The van der Waals surface area contributed by atoms with Crippen LogP contribution in [0, 0.1) is 0 Å². The molecule has 2 N–H and O–H groups in total. The van der Waals surface area contributed by atoms with Gasteiger partial charge >= 0.3 is 0 Å². The highest BCUT2D eigenvalue weighted by Crippen LogP contribution is 2.37. The number of rotatable bonds is 3. The highest BCUT2D eigenvalue weighted by atomic mass is 35.5. The molecular formula is C11H15ClN2OS. The van der Waals surface area contributed by atoms with E-state index < -0.39 is 0 Å². The van der Waals surface area contributed by atoms with Crippen LogP contribution in [0.5, 0.6) is 0 Å². The molecular weight excluding hydrogens is 244 g/mol. The third-order valence-electron chi connectivity index (χ3n) is 2.87. The van der Waals surface area contributed by atoms with E-state index in [-0.39, 0.29) is 11.9 Å². The van der Waals surface area contributed by atoms with Gasteiger partial charge in [-0.1, -0.05) is 11.6 Å². The Kier molecular flexibility index (Phi) is 3.84. The normalized spacial score (nSPS) is 19.2. The maximum absolute atomic E-state index is 11.2. The predicted octanol–water partition coefficient (Wildman–Crippen LogP) is 2.11. The number of thiophene rings is 1. The van der Waals surface area contributed by atoms with Crippen molar-refractivity contribution in [2.45, 2.75) is 25.3 Å². The first-order valence-electron chi connectivity index (χ1n) is 5.42. The number of aryl methyl sites for hydroxylation is 1. The summed E-state index contributed by atoms with van der Waals surface area (Å²) >= 11 is 7.68. The van der Waals surface area contributed by atoms with Crippen LogP contribution in [0.2, 0.25) is 4.34 Å². The molecule has 3 nitrogen and oxygen atoms in total. The molecule has 0 saturated carbocycles. The summed E-state index contributed by atoms with van der Waals surface area (Å²) in [6.45, 7) is 0.369. The van der Waals surface area contributed by atoms with Gasteiger partial charge < -0.3 is 10.6 Å². The number of nitrogens with one attached hydrogen (secondary N) is 2. The molecule has 1 unspecified atom stereocenters. The molecule has 0 fully saturated rings. The number of carbonyl (C=O) groups is 1. The van der Waals surface area contributed by atoms with E-state index in [9.17, 15) is 4.79 Å². The van der Waals surface area contributed by atoms with Crippen molar-refractivity contribution in [1.82, 2.24) is 10.6 Å². The topological polar surface area (TPSA) is 41.1 Å². The molecule has 0 aromatic carbocycles. The van der Waals surface area contributed by atoms with Crippen molar-refractivity contribution in [2.24, 2.45) is 0 Å². The Hall–Kier alpha value is -0.580. The van der Waals surface area contributed by atoms with Gasteiger partial charge in [0, 0.05) is 18.0 Å². The molecule has 0 spiro atoms. The zero-order chi connectivity index (χ0) is 11.5. The Balaban J connectivity index is 2.04. The summed E-state index contributed by atoms with van der Waals surface area (Å²) in [6, 6.07) is 2.31. The number of likely N-dealkylation sites (N-methyl/N-ethyl adjacent to an activating group) is 1. The van der Waals surface area contributed by atoms with E-state index in [0.717, 1.165) is 23.6 Å². The molecule has 1 aliphatic rings. The summed E-state index contributed by atoms with van der Waals surface area (Å²) in [6.07, 6.45) is 3.36. The lowest BCUT2D eigenvalue weighted by Gasteiger charge is -2.23. The van der Waals surface area contributed by atoms with Gasteiger partial charge in [0.2, 0.25) is 5.91 Å². The van der Waals surface area contributed by atoms with E-state index in [4.69, 9.17) is 11.6 Å². The molecule has 1 aromatic heterocycles. The van der Waals surface area contributed by atoms with Crippen molar-refractivity contribution in [3.63, 3.8) is 0 Å². The second-order valence-corrected chi connectivity index (χ2v) is 5.70. The molecule has 5 heteroatoms. The summed E-state index contributed by atoms with van der Waals surface area (Å²) < 4.78 is 0.846. The molecule has 0 saturated heterocycles. The molecule has 88 valence electrons. The predicted molar refractivity (Wildman–Crippen MR) is 67.1 cm³/mol. The minimum absolute atomic E-state index is 0.0217. The van der Waals surface area contributed by atoms with E-state index in [1.165, 1.54) is 10.4 Å². The van der Waals surface area contributed by atoms with Gasteiger partial charge in [-0.25, -0.2) is 0 Å². The molecule has 1 atom stereocenters. The Morgan fingerprint density at radius 3 is 3.25 bits per heavy atom. The van der Waals surface area contributed by atoms with Crippen molar-refractivity contribution >= 4 is 28.8 Å². The fourth-order valence-corrected chi connectivity index (χ4v) is 3.42. The van der Waals surface area contributed by atoms with E-state index in [0.29, 0.717) is 6.54 Å². The van der Waals surface area contributed by atoms with Crippen molar-refractivity contribution in [3.8, 4) is 0 Å². The molecule has 0 aliphatic heterocycles. The highest BCUT2D eigenvalue weighted by molar-refractivity contribution is 7.16. The summed E-state index contributed by atoms with van der Waals surface area (Å²) in [4.78, 5) is 12.5. The van der Waals surface area contributed by atoms with Crippen LogP contribution >= 0.6 is 22.9 Å². The second kappa shape index (κ2) is 5.17. The van der Waals surface area contributed by atoms with Gasteiger partial charge in [0.05, 0.1) is 10.9 Å². The van der Waals surface area contributed by atoms with Crippen LogP contribution in [0.1, 0.15) is 29.3 Å². The van der Waals surface area contributed by atoms with Crippen LogP contribution in [-0.2, 0) is 11.2 Å². The van der Waals surface area contributed by atoms with Gasteiger partial charge in [0.25, 0.3) is 0 Å². The SMILES string of the molecule is CNC(=O)CNC1CCCc2sc(Cl)cc21. The number of hydrogen-bond acceptors (Lipinski definition) is 3. The molecule has 1 heterocycles. The van der Waals surface area contributed by atoms with Gasteiger partial charge in [-0.2, -0.15) is 0 Å². The maximum atomic E-state index is 11.2. The number of halogens is 1. The zero-order valence-electron chi connectivity index (χ0n) is 9.18. The Labute approximate surface area is 104 Å². The van der Waals surface area contributed by atoms with Gasteiger partial charge in [0.1, 0.15) is 0 Å². The number of amides is 1. The lowest BCUT2D eigenvalue weighted by Crippen LogP contribution is -2.34. The number of fused-ring (bicyclic) bond motifs is 1. The fourth-order valence-electron chi connectivity index (χ4n) is 2.04. The third-order valence-corrected chi connectivity index (χ3v) is 4.21. The zero-order valence-corrected chi connectivity index (χ0v) is 10.8. The molecule has 0 bridgehead atoms. The Morgan fingerprint density at radius 2 is 2.50 bits per heavy atom. The number of hydrogen-bond donors (Lipinski definition) is 2. The van der Waals surface area contributed by atoms with Crippen LogP contribution in [-0.4, -0.2) is 19.5 Å². The van der Waals surface area contributed by atoms with Crippen molar-refractivity contribution < 1.29 is 4.79 Å². The van der Waals surface area contributed by atoms with E-state index in [1.54, 1.807) is 18.4 Å². The maximum Gasteiger partial charge on any atom is 0.233 e. The largest absolute Gasteiger partial charge is 0.358 e. The van der Waals surface area contributed by atoms with Gasteiger partial charge in [0.15, 0.2) is 0 Å². The van der Waals surface area contributed by atoms with Crippen molar-refractivity contribution in [1.29, 1.82) is 0 Å². The fraction of sp³-hybridized carbons (Fsp3) is 0.545. The summed E-state index contributed by atoms with van der Waals surface area (Å²) in [5.74, 6) is 0.0217. The first kappa shape index (κ1) is 11.9. The van der Waals surface area contributed by atoms with Gasteiger partial charge in [-0.3, -0.25) is 4.79 Å². The molecule has 1 aliphatic carbocycles. The van der Waals surface area contributed by atoms with Crippen molar-refractivity contribution in [2.75, 3.05) is 13.6 Å². The van der Waals surface area contributed by atoms with Crippen LogP contribution in [0.3, 0.4) is 0 Å². The second-order valence-electron chi connectivity index (χ2n) is 3.93. The Bertz CT molecular complexity index is 391. The first-order chi connectivity index (χ1) is 7.70. The van der Waals surface area contributed by atoms with E-state index in [2.05, 4.69) is 10.6 Å². The quantitative estimate of drug-likeness (QED) is 0.872.